The molecule has 2 rings (SSSR count). The summed E-state index contributed by atoms with van der Waals surface area (Å²) in [6.07, 6.45) is -2.21. The van der Waals surface area contributed by atoms with Gasteiger partial charge in [0.2, 0.25) is 0 Å². The van der Waals surface area contributed by atoms with E-state index in [0.717, 1.165) is 26.0 Å². The van der Waals surface area contributed by atoms with Crippen LogP contribution in [-0.4, -0.2) is 30.6 Å². The fourth-order valence-corrected chi connectivity index (χ4v) is 3.84. The van der Waals surface area contributed by atoms with E-state index in [9.17, 15) is 22.7 Å². The normalized spacial score (nSPS) is 13.2. The highest BCUT2D eigenvalue weighted by Gasteiger charge is 2.34. The molecule has 0 saturated heterocycles. The highest BCUT2D eigenvalue weighted by Crippen LogP contribution is 2.46. The molecule has 0 aliphatic heterocycles. The highest BCUT2D eigenvalue weighted by molar-refractivity contribution is 6.31. The highest BCUT2D eigenvalue weighted by atomic mass is 35.5. The van der Waals surface area contributed by atoms with Crippen molar-refractivity contribution in [2.75, 3.05) is 13.7 Å². The van der Waals surface area contributed by atoms with Gasteiger partial charge in [0.15, 0.2) is 0 Å². The average molecular weight is 512 g/mol. The lowest BCUT2D eigenvalue weighted by molar-refractivity contribution is -0.0577. The van der Waals surface area contributed by atoms with Crippen LogP contribution in [0.15, 0.2) is 53.6 Å². The molecular formula is C27H30ClF4NO2. The number of alkyl halides is 4. The minimum absolute atomic E-state index is 0.0572. The Morgan fingerprint density at radius 3 is 2.34 bits per heavy atom. The van der Waals surface area contributed by atoms with Crippen molar-refractivity contribution in [3.63, 3.8) is 0 Å². The number of hydrogen-bond donors (Lipinski definition) is 1. The van der Waals surface area contributed by atoms with E-state index in [1.807, 2.05) is 6.92 Å². The number of allylic oxidation sites excluding steroid dienone is 3. The summed E-state index contributed by atoms with van der Waals surface area (Å²) in [6, 6.07) is 7.66. The Bertz CT molecular complexity index is 1150. The Balaban J connectivity index is 2.84. The number of hydrogen-bond acceptors (Lipinski definition) is 3. The molecular weight excluding hydrogens is 482 g/mol. The maximum absolute atomic E-state index is 14.8. The second kappa shape index (κ2) is 11.3. The van der Waals surface area contributed by atoms with Gasteiger partial charge in [0, 0.05) is 23.2 Å². The average Bonchev–Trinajstić information content (AvgIpc) is 2.74. The molecule has 3 nitrogen and oxygen atoms in total. The van der Waals surface area contributed by atoms with Crippen LogP contribution in [0.4, 0.5) is 17.6 Å². The standard InChI is InChI=1S/C27H30ClF4NO2/c1-7-8-13-35-22-12-10-18(19(16(2)3)15-23(33-6)27(30,31)32)25(34)24(22)17-9-11-21(28)20(14-17)26(4,5)29/h9-12,14-15,34H,2,7-8,13H2,1,3-6H3/b19-15+,33-23?. The first-order chi connectivity index (χ1) is 16.2. The molecule has 0 unspecified atom stereocenters. The van der Waals surface area contributed by atoms with Crippen LogP contribution in [0.1, 0.15) is 51.7 Å². The lowest BCUT2D eigenvalue weighted by atomic mass is 9.90. The summed E-state index contributed by atoms with van der Waals surface area (Å²) < 4.78 is 60.9. The van der Waals surface area contributed by atoms with Crippen LogP contribution >= 0.6 is 11.6 Å². The summed E-state index contributed by atoms with van der Waals surface area (Å²) in [4.78, 5) is 3.34. The zero-order valence-electron chi connectivity index (χ0n) is 20.5. The van der Waals surface area contributed by atoms with Crippen LogP contribution in [-0.2, 0) is 5.67 Å². The van der Waals surface area contributed by atoms with E-state index in [0.29, 0.717) is 17.9 Å². The Morgan fingerprint density at radius 1 is 1.17 bits per heavy atom. The maximum Gasteiger partial charge on any atom is 0.432 e. The van der Waals surface area contributed by atoms with Gasteiger partial charge in [-0.15, -0.1) is 0 Å². The van der Waals surface area contributed by atoms with Crippen molar-refractivity contribution >= 4 is 22.9 Å². The predicted octanol–water partition coefficient (Wildman–Crippen LogP) is 8.69. The zero-order valence-corrected chi connectivity index (χ0v) is 21.2. The number of aromatic hydroxyl groups is 1. The van der Waals surface area contributed by atoms with Crippen LogP contribution in [0.3, 0.4) is 0 Å². The fraction of sp³-hybridized carbons (Fsp3) is 0.370. The van der Waals surface area contributed by atoms with E-state index in [2.05, 4.69) is 11.6 Å². The van der Waals surface area contributed by atoms with Gasteiger partial charge in [0.05, 0.1) is 12.2 Å². The largest absolute Gasteiger partial charge is 0.507 e. The van der Waals surface area contributed by atoms with Crippen LogP contribution in [0.5, 0.6) is 11.5 Å². The lowest BCUT2D eigenvalue weighted by Crippen LogP contribution is -2.21. The van der Waals surface area contributed by atoms with Crippen molar-refractivity contribution in [2.24, 2.45) is 4.99 Å². The van der Waals surface area contributed by atoms with Gasteiger partial charge in [-0.3, -0.25) is 4.99 Å². The Hall–Kier alpha value is -2.80. The molecule has 8 heteroatoms. The summed E-state index contributed by atoms with van der Waals surface area (Å²) in [5, 5.41) is 11.6. The van der Waals surface area contributed by atoms with E-state index in [1.165, 1.54) is 39.0 Å². The minimum atomic E-state index is -4.69. The second-order valence-corrected chi connectivity index (χ2v) is 9.06. The van der Waals surface area contributed by atoms with Gasteiger partial charge in [0.1, 0.15) is 22.9 Å². The molecule has 0 radical (unpaired) electrons. The number of nitrogens with zero attached hydrogens (tertiary/aromatic N) is 1. The minimum Gasteiger partial charge on any atom is -0.507 e. The van der Waals surface area contributed by atoms with Gasteiger partial charge in [0.25, 0.3) is 0 Å². The van der Waals surface area contributed by atoms with Crippen molar-refractivity contribution in [3.05, 3.63) is 64.7 Å². The summed E-state index contributed by atoms with van der Waals surface area (Å²) in [5.41, 5.74) is -1.61. The number of phenolic OH excluding ortho intramolecular Hbond substituents is 1. The molecule has 2 aromatic rings. The van der Waals surface area contributed by atoms with Crippen molar-refractivity contribution in [1.29, 1.82) is 0 Å². The molecule has 0 aliphatic carbocycles. The Kier molecular flexibility index (Phi) is 9.17. The summed E-state index contributed by atoms with van der Waals surface area (Å²) >= 11 is 6.22. The molecule has 0 spiro atoms. The molecule has 0 bridgehead atoms. The number of aliphatic imine (C=N–C) groups is 1. The second-order valence-electron chi connectivity index (χ2n) is 8.65. The van der Waals surface area contributed by atoms with Crippen LogP contribution in [0, 0.1) is 0 Å². The molecule has 2 aromatic carbocycles. The van der Waals surface area contributed by atoms with Crippen LogP contribution < -0.4 is 4.74 Å². The van der Waals surface area contributed by atoms with Crippen LogP contribution in [0.2, 0.25) is 5.02 Å². The van der Waals surface area contributed by atoms with Crippen molar-refractivity contribution < 1.29 is 27.4 Å². The molecule has 1 N–H and O–H groups in total. The third kappa shape index (κ3) is 6.88. The van der Waals surface area contributed by atoms with E-state index < -0.39 is 17.6 Å². The molecule has 0 fully saturated rings. The summed E-state index contributed by atoms with van der Waals surface area (Å²) in [7, 11) is 1.04. The van der Waals surface area contributed by atoms with E-state index in [-0.39, 0.29) is 38.6 Å². The van der Waals surface area contributed by atoms with E-state index >= 15 is 0 Å². The third-order valence-corrected chi connectivity index (χ3v) is 5.68. The van der Waals surface area contributed by atoms with Crippen LogP contribution in [0.25, 0.3) is 16.7 Å². The Labute approximate surface area is 208 Å². The van der Waals surface area contributed by atoms with Gasteiger partial charge >= 0.3 is 6.18 Å². The molecule has 0 amide bonds. The van der Waals surface area contributed by atoms with Gasteiger partial charge in [-0.1, -0.05) is 43.2 Å². The zero-order chi connectivity index (χ0) is 26.6. The monoisotopic (exact) mass is 511 g/mol. The summed E-state index contributed by atoms with van der Waals surface area (Å²) in [6.45, 7) is 10.4. The van der Waals surface area contributed by atoms with Gasteiger partial charge in [-0.25, -0.2) is 4.39 Å². The third-order valence-electron chi connectivity index (χ3n) is 5.35. The first-order valence-electron chi connectivity index (χ1n) is 11.1. The van der Waals surface area contributed by atoms with E-state index in [1.54, 1.807) is 12.1 Å². The molecule has 0 atom stereocenters. The number of halogens is 5. The summed E-state index contributed by atoms with van der Waals surface area (Å²) in [5.74, 6) is -0.0123. The number of unbranched alkanes of at least 4 members (excludes halogenated alkanes) is 1. The molecule has 0 heterocycles. The molecule has 35 heavy (non-hydrogen) atoms. The number of benzene rings is 2. The smallest absolute Gasteiger partial charge is 0.432 e. The van der Waals surface area contributed by atoms with E-state index in [4.69, 9.17) is 16.3 Å². The molecule has 0 saturated carbocycles. The topological polar surface area (TPSA) is 41.8 Å². The first-order valence-corrected chi connectivity index (χ1v) is 11.5. The number of ether oxygens (including phenoxy) is 1. The Morgan fingerprint density at radius 2 is 1.83 bits per heavy atom. The SMILES string of the molecule is C=C(C)/C(=C\C(=NC)C(F)(F)F)c1ccc(OCCCC)c(-c2ccc(Cl)c(C(C)(C)F)c2)c1O. The molecule has 0 aromatic heterocycles. The van der Waals surface area contributed by atoms with Crippen molar-refractivity contribution in [1.82, 2.24) is 0 Å². The van der Waals surface area contributed by atoms with Gasteiger partial charge in [-0.2, -0.15) is 13.2 Å². The predicted molar refractivity (Wildman–Crippen MR) is 135 cm³/mol. The van der Waals surface area contributed by atoms with Crippen molar-refractivity contribution in [2.45, 2.75) is 52.4 Å². The number of phenols is 1. The lowest BCUT2D eigenvalue weighted by Gasteiger charge is -2.21. The first kappa shape index (κ1) is 28.4. The maximum atomic E-state index is 14.8. The van der Waals surface area contributed by atoms with Crippen molar-refractivity contribution in [3.8, 4) is 22.6 Å². The molecule has 190 valence electrons. The fourth-order valence-electron chi connectivity index (χ4n) is 3.49. The van der Waals surface area contributed by atoms with Gasteiger partial charge < -0.3 is 9.84 Å². The quantitative estimate of drug-likeness (QED) is 0.158. The number of rotatable bonds is 9. The molecule has 0 aliphatic rings. The van der Waals surface area contributed by atoms with Gasteiger partial charge in [-0.05, 0) is 68.7 Å².